The maximum atomic E-state index is 10.9. The lowest BCUT2D eigenvalue weighted by atomic mass is 9.74. The monoisotopic (exact) mass is 212 g/mol. The van der Waals surface area contributed by atoms with Crippen molar-refractivity contribution in [3.63, 3.8) is 0 Å². The zero-order valence-electron chi connectivity index (χ0n) is 9.29. The van der Waals surface area contributed by atoms with Gasteiger partial charge in [-0.2, -0.15) is 0 Å². The largest absolute Gasteiger partial charge is 0.375 e. The molecule has 1 saturated carbocycles. The first kappa shape index (κ1) is 10.9. The maximum absolute atomic E-state index is 10.9. The molecule has 3 N–H and O–H groups in total. The maximum Gasteiger partial charge on any atom is 0.234 e. The van der Waals surface area contributed by atoms with Crippen LogP contribution < -0.4 is 11.1 Å². The number of nitrogens with two attached hydrogens (primary N) is 1. The molecule has 0 radical (unpaired) electrons. The molecule has 0 aromatic carbocycles. The van der Waals surface area contributed by atoms with Gasteiger partial charge >= 0.3 is 0 Å². The summed E-state index contributed by atoms with van der Waals surface area (Å²) in [6.45, 7) is 2.63. The molecule has 0 aromatic rings. The topological polar surface area (TPSA) is 64.3 Å². The zero-order chi connectivity index (χ0) is 10.9. The molecule has 86 valence electrons. The molecule has 0 bridgehead atoms. The zero-order valence-corrected chi connectivity index (χ0v) is 9.29. The predicted octanol–water partition coefficient (Wildman–Crippen LogP) is 0.551. The Morgan fingerprint density at radius 2 is 2.33 bits per heavy atom. The van der Waals surface area contributed by atoms with Gasteiger partial charge in [0.1, 0.15) is 0 Å². The summed E-state index contributed by atoms with van der Waals surface area (Å²) >= 11 is 0. The minimum Gasteiger partial charge on any atom is -0.375 e. The molecule has 1 aliphatic heterocycles. The lowest BCUT2D eigenvalue weighted by molar-refractivity contribution is -0.138. The molecule has 2 atom stereocenters. The first-order valence-corrected chi connectivity index (χ1v) is 5.81. The Balaban J connectivity index is 1.85. The first-order valence-electron chi connectivity index (χ1n) is 5.81. The van der Waals surface area contributed by atoms with Crippen molar-refractivity contribution in [3.05, 3.63) is 0 Å². The van der Waals surface area contributed by atoms with Crippen LogP contribution in [0.1, 0.15) is 39.0 Å². The third-order valence-electron chi connectivity index (χ3n) is 3.67. The molecule has 15 heavy (non-hydrogen) atoms. The highest BCUT2D eigenvalue weighted by atomic mass is 16.5. The fraction of sp³-hybridized carbons (Fsp3) is 0.909. The van der Waals surface area contributed by atoms with Crippen LogP contribution in [-0.4, -0.2) is 30.2 Å². The Bertz CT molecular complexity index is 251. The number of amides is 1. The molecule has 2 aliphatic rings. The lowest BCUT2D eigenvalue weighted by Crippen LogP contribution is -2.54. The van der Waals surface area contributed by atoms with E-state index < -0.39 is 0 Å². The molecule has 2 fully saturated rings. The fourth-order valence-corrected chi connectivity index (χ4v) is 2.53. The number of carbonyl (C=O) groups excluding carboxylic acids is 1. The van der Waals surface area contributed by atoms with Crippen molar-refractivity contribution in [2.45, 2.75) is 56.7 Å². The van der Waals surface area contributed by atoms with Gasteiger partial charge in [0.2, 0.25) is 5.91 Å². The number of primary amides is 1. The Morgan fingerprint density at radius 3 is 2.87 bits per heavy atom. The average Bonchev–Trinajstić information content (AvgIpc) is 2.15. The second kappa shape index (κ2) is 4.10. The first-order chi connectivity index (χ1) is 7.11. The molecule has 1 aliphatic carbocycles. The summed E-state index contributed by atoms with van der Waals surface area (Å²) in [5.41, 5.74) is 5.37. The predicted molar refractivity (Wildman–Crippen MR) is 57.3 cm³/mol. The van der Waals surface area contributed by atoms with Gasteiger partial charge in [0.15, 0.2) is 0 Å². The standard InChI is InChI=1S/C11H20N2O2/c1-8(10(12)14)13-9-3-6-15-11(7-9)4-2-5-11/h8-9,13H,2-7H2,1H3,(H2,12,14). The van der Waals surface area contributed by atoms with Gasteiger partial charge < -0.3 is 15.8 Å². The molecular formula is C11H20N2O2. The summed E-state index contributed by atoms with van der Waals surface area (Å²) in [6.07, 6.45) is 5.65. The molecule has 1 spiro atoms. The highest BCUT2D eigenvalue weighted by Gasteiger charge is 2.42. The van der Waals surface area contributed by atoms with Crippen LogP contribution in [0.15, 0.2) is 0 Å². The van der Waals surface area contributed by atoms with Crippen LogP contribution in [0, 0.1) is 0 Å². The summed E-state index contributed by atoms with van der Waals surface area (Å²) in [5.74, 6) is -0.274. The van der Waals surface area contributed by atoms with Crippen molar-refractivity contribution >= 4 is 5.91 Å². The van der Waals surface area contributed by atoms with Gasteiger partial charge in [-0.25, -0.2) is 0 Å². The fourth-order valence-electron chi connectivity index (χ4n) is 2.53. The van der Waals surface area contributed by atoms with E-state index in [1.807, 2.05) is 6.92 Å². The molecule has 4 nitrogen and oxygen atoms in total. The van der Waals surface area contributed by atoms with Crippen molar-refractivity contribution < 1.29 is 9.53 Å². The number of hydrogen-bond donors (Lipinski definition) is 2. The Labute approximate surface area is 90.5 Å². The Hall–Kier alpha value is -0.610. The third-order valence-corrected chi connectivity index (χ3v) is 3.67. The van der Waals surface area contributed by atoms with E-state index in [2.05, 4.69) is 5.32 Å². The van der Waals surface area contributed by atoms with Crippen LogP contribution in [-0.2, 0) is 9.53 Å². The number of ether oxygens (including phenoxy) is 1. The molecule has 4 heteroatoms. The molecular weight excluding hydrogens is 192 g/mol. The van der Waals surface area contributed by atoms with Crippen LogP contribution in [0.25, 0.3) is 0 Å². The molecule has 1 heterocycles. The third kappa shape index (κ3) is 2.32. The van der Waals surface area contributed by atoms with Crippen LogP contribution in [0.5, 0.6) is 0 Å². The van der Waals surface area contributed by atoms with E-state index in [-0.39, 0.29) is 17.6 Å². The van der Waals surface area contributed by atoms with E-state index in [0.717, 1.165) is 19.4 Å². The molecule has 0 aromatic heterocycles. The van der Waals surface area contributed by atoms with E-state index in [1.165, 1.54) is 19.3 Å². The summed E-state index contributed by atoms with van der Waals surface area (Å²) in [6, 6.07) is 0.159. The van der Waals surface area contributed by atoms with Gasteiger partial charge in [0.05, 0.1) is 11.6 Å². The second-order valence-corrected chi connectivity index (χ2v) is 4.87. The van der Waals surface area contributed by atoms with E-state index in [4.69, 9.17) is 10.5 Å². The van der Waals surface area contributed by atoms with Crippen molar-refractivity contribution in [1.82, 2.24) is 5.32 Å². The SMILES string of the molecule is CC(NC1CCOC2(CCC2)C1)C(N)=O. The van der Waals surface area contributed by atoms with Gasteiger partial charge in [-0.05, 0) is 39.0 Å². The number of rotatable bonds is 3. The van der Waals surface area contributed by atoms with E-state index in [9.17, 15) is 4.79 Å². The number of carbonyl (C=O) groups is 1. The lowest BCUT2D eigenvalue weighted by Gasteiger charge is -2.47. The Morgan fingerprint density at radius 1 is 1.60 bits per heavy atom. The molecule has 2 rings (SSSR count). The summed E-state index contributed by atoms with van der Waals surface area (Å²) in [4.78, 5) is 10.9. The average molecular weight is 212 g/mol. The van der Waals surface area contributed by atoms with E-state index in [1.54, 1.807) is 0 Å². The Kier molecular flexibility index (Phi) is 2.98. The van der Waals surface area contributed by atoms with Crippen molar-refractivity contribution in [2.24, 2.45) is 5.73 Å². The van der Waals surface area contributed by atoms with Gasteiger partial charge in [0, 0.05) is 12.6 Å². The molecule has 1 saturated heterocycles. The molecule has 2 unspecified atom stereocenters. The summed E-state index contributed by atoms with van der Waals surface area (Å²) < 4.78 is 5.82. The number of nitrogens with one attached hydrogen (secondary N) is 1. The van der Waals surface area contributed by atoms with Crippen LogP contribution in [0.2, 0.25) is 0 Å². The van der Waals surface area contributed by atoms with Crippen molar-refractivity contribution in [3.8, 4) is 0 Å². The van der Waals surface area contributed by atoms with Gasteiger partial charge in [0.25, 0.3) is 0 Å². The van der Waals surface area contributed by atoms with Crippen molar-refractivity contribution in [2.75, 3.05) is 6.61 Å². The highest BCUT2D eigenvalue weighted by Crippen LogP contribution is 2.42. The van der Waals surface area contributed by atoms with E-state index >= 15 is 0 Å². The van der Waals surface area contributed by atoms with E-state index in [0.29, 0.717) is 6.04 Å². The minimum absolute atomic E-state index is 0.132. The quantitative estimate of drug-likeness (QED) is 0.718. The minimum atomic E-state index is -0.274. The molecule has 1 amide bonds. The number of hydrogen-bond acceptors (Lipinski definition) is 3. The summed E-state index contributed by atoms with van der Waals surface area (Å²) in [7, 11) is 0. The normalized spacial score (nSPS) is 30.9. The van der Waals surface area contributed by atoms with Crippen molar-refractivity contribution in [1.29, 1.82) is 0 Å². The highest BCUT2D eigenvalue weighted by molar-refractivity contribution is 5.79. The van der Waals surface area contributed by atoms with Crippen LogP contribution in [0.4, 0.5) is 0 Å². The van der Waals surface area contributed by atoms with Gasteiger partial charge in [-0.15, -0.1) is 0 Å². The van der Waals surface area contributed by atoms with Gasteiger partial charge in [-0.1, -0.05) is 0 Å². The van der Waals surface area contributed by atoms with Gasteiger partial charge in [-0.3, -0.25) is 4.79 Å². The van der Waals surface area contributed by atoms with Crippen LogP contribution in [0.3, 0.4) is 0 Å². The summed E-state index contributed by atoms with van der Waals surface area (Å²) in [5, 5.41) is 3.29. The second-order valence-electron chi connectivity index (χ2n) is 4.87. The van der Waals surface area contributed by atoms with Crippen LogP contribution >= 0.6 is 0 Å². The smallest absolute Gasteiger partial charge is 0.234 e.